The van der Waals surface area contributed by atoms with Crippen molar-refractivity contribution in [3.05, 3.63) is 17.6 Å². The maximum atomic E-state index is 4.78. The van der Waals surface area contributed by atoms with Gasteiger partial charge in [-0.1, -0.05) is 27.7 Å². The molecule has 1 aliphatic carbocycles. The van der Waals surface area contributed by atoms with Crippen molar-refractivity contribution in [2.45, 2.75) is 72.1 Å². The summed E-state index contributed by atoms with van der Waals surface area (Å²) in [6, 6.07) is 2.10. The van der Waals surface area contributed by atoms with Gasteiger partial charge in [-0.15, -0.1) is 0 Å². The van der Waals surface area contributed by atoms with Crippen molar-refractivity contribution in [2.24, 2.45) is 5.41 Å². The average molecular weight is 275 g/mol. The van der Waals surface area contributed by atoms with Crippen LogP contribution in [0, 0.1) is 5.41 Å². The Hall–Kier alpha value is -1.12. The molecule has 0 unspecified atom stereocenters. The van der Waals surface area contributed by atoms with Crippen LogP contribution in [0.1, 0.15) is 77.2 Å². The molecule has 2 rings (SSSR count). The third-order valence-corrected chi connectivity index (χ3v) is 4.42. The van der Waals surface area contributed by atoms with Crippen LogP contribution in [0.2, 0.25) is 0 Å². The SMILES string of the molecule is CCCNc1cc(CC)nc(C2CCC(C)(C)CC2)n1. The first kappa shape index (κ1) is 15.3. The van der Waals surface area contributed by atoms with E-state index in [0.29, 0.717) is 11.3 Å². The van der Waals surface area contributed by atoms with Crippen molar-refractivity contribution in [3.8, 4) is 0 Å². The fourth-order valence-electron chi connectivity index (χ4n) is 2.88. The molecule has 1 saturated carbocycles. The van der Waals surface area contributed by atoms with E-state index in [9.17, 15) is 0 Å². The summed E-state index contributed by atoms with van der Waals surface area (Å²) in [5.41, 5.74) is 1.67. The van der Waals surface area contributed by atoms with Gasteiger partial charge in [-0.25, -0.2) is 9.97 Å². The Morgan fingerprint density at radius 2 is 1.90 bits per heavy atom. The number of hydrogen-bond acceptors (Lipinski definition) is 3. The van der Waals surface area contributed by atoms with Crippen LogP contribution in [0.3, 0.4) is 0 Å². The molecule has 112 valence electrons. The standard InChI is InChI=1S/C17H29N3/c1-5-11-18-15-12-14(6-2)19-16(20-15)13-7-9-17(3,4)10-8-13/h12-13H,5-11H2,1-4H3,(H,18,19,20). The highest BCUT2D eigenvalue weighted by molar-refractivity contribution is 5.36. The Morgan fingerprint density at radius 1 is 1.20 bits per heavy atom. The predicted octanol–water partition coefficient (Wildman–Crippen LogP) is 4.54. The topological polar surface area (TPSA) is 37.8 Å². The molecular formula is C17H29N3. The fourth-order valence-corrected chi connectivity index (χ4v) is 2.88. The number of nitrogens with zero attached hydrogens (tertiary/aromatic N) is 2. The lowest BCUT2D eigenvalue weighted by Crippen LogP contribution is -2.22. The van der Waals surface area contributed by atoms with Gasteiger partial charge in [0.1, 0.15) is 11.6 Å². The molecule has 0 bridgehead atoms. The van der Waals surface area contributed by atoms with Gasteiger partial charge in [0.2, 0.25) is 0 Å². The van der Waals surface area contributed by atoms with Crippen LogP contribution >= 0.6 is 0 Å². The molecule has 0 aliphatic heterocycles. The van der Waals surface area contributed by atoms with Crippen molar-refractivity contribution >= 4 is 5.82 Å². The van der Waals surface area contributed by atoms with Gasteiger partial charge >= 0.3 is 0 Å². The summed E-state index contributed by atoms with van der Waals surface area (Å²) in [4.78, 5) is 9.55. The molecule has 0 atom stereocenters. The van der Waals surface area contributed by atoms with Crippen LogP contribution in [-0.4, -0.2) is 16.5 Å². The third-order valence-electron chi connectivity index (χ3n) is 4.42. The van der Waals surface area contributed by atoms with Crippen LogP contribution in [0.4, 0.5) is 5.82 Å². The smallest absolute Gasteiger partial charge is 0.134 e. The Balaban J connectivity index is 2.14. The summed E-state index contributed by atoms with van der Waals surface area (Å²) < 4.78 is 0. The monoisotopic (exact) mass is 275 g/mol. The first-order valence-electron chi connectivity index (χ1n) is 8.16. The van der Waals surface area contributed by atoms with E-state index in [1.54, 1.807) is 0 Å². The van der Waals surface area contributed by atoms with Gasteiger partial charge in [0, 0.05) is 24.2 Å². The van der Waals surface area contributed by atoms with E-state index in [1.165, 1.54) is 31.4 Å². The van der Waals surface area contributed by atoms with Crippen LogP contribution < -0.4 is 5.32 Å². The van der Waals surface area contributed by atoms with Crippen molar-refractivity contribution < 1.29 is 0 Å². The number of aromatic nitrogens is 2. The molecule has 1 aromatic heterocycles. The molecule has 1 N–H and O–H groups in total. The van der Waals surface area contributed by atoms with Gasteiger partial charge in [0.05, 0.1) is 0 Å². The van der Waals surface area contributed by atoms with E-state index in [0.717, 1.165) is 31.0 Å². The van der Waals surface area contributed by atoms with E-state index >= 15 is 0 Å². The highest BCUT2D eigenvalue weighted by Gasteiger charge is 2.29. The molecule has 3 heteroatoms. The molecule has 0 spiro atoms. The molecule has 0 amide bonds. The number of hydrogen-bond donors (Lipinski definition) is 1. The molecule has 3 nitrogen and oxygen atoms in total. The lowest BCUT2D eigenvalue weighted by atomic mass is 9.73. The third kappa shape index (κ3) is 3.94. The summed E-state index contributed by atoms with van der Waals surface area (Å²) in [5, 5.41) is 3.41. The second-order valence-corrected chi connectivity index (χ2v) is 6.82. The van der Waals surface area contributed by atoms with Gasteiger partial charge in [0.25, 0.3) is 0 Å². The van der Waals surface area contributed by atoms with E-state index in [1.807, 2.05) is 0 Å². The van der Waals surface area contributed by atoms with Gasteiger partial charge < -0.3 is 5.32 Å². The fraction of sp³-hybridized carbons (Fsp3) is 0.765. The molecule has 0 radical (unpaired) electrons. The Kier molecular flexibility index (Phi) is 5.00. The number of rotatable bonds is 5. The molecule has 20 heavy (non-hydrogen) atoms. The summed E-state index contributed by atoms with van der Waals surface area (Å²) >= 11 is 0. The van der Waals surface area contributed by atoms with Gasteiger partial charge in [-0.05, 0) is 43.9 Å². The van der Waals surface area contributed by atoms with Crippen LogP contribution in [0.15, 0.2) is 6.07 Å². The van der Waals surface area contributed by atoms with Crippen LogP contribution in [0.25, 0.3) is 0 Å². The zero-order valence-electron chi connectivity index (χ0n) is 13.5. The molecule has 1 aliphatic rings. The quantitative estimate of drug-likeness (QED) is 0.857. The van der Waals surface area contributed by atoms with E-state index in [-0.39, 0.29) is 0 Å². The Bertz CT molecular complexity index is 430. The molecular weight excluding hydrogens is 246 g/mol. The summed E-state index contributed by atoms with van der Waals surface area (Å²) in [7, 11) is 0. The Labute approximate surface area is 123 Å². The normalized spacial score (nSPS) is 19.0. The molecule has 1 fully saturated rings. The van der Waals surface area contributed by atoms with Gasteiger partial charge in [-0.2, -0.15) is 0 Å². The lowest BCUT2D eigenvalue weighted by Gasteiger charge is -2.33. The highest BCUT2D eigenvalue weighted by atomic mass is 15.0. The van der Waals surface area contributed by atoms with Crippen molar-refractivity contribution in [1.82, 2.24) is 9.97 Å². The minimum atomic E-state index is 0.502. The van der Waals surface area contributed by atoms with Crippen molar-refractivity contribution in [3.63, 3.8) is 0 Å². The van der Waals surface area contributed by atoms with E-state index in [2.05, 4.69) is 39.1 Å². The zero-order chi connectivity index (χ0) is 14.6. The zero-order valence-corrected chi connectivity index (χ0v) is 13.5. The van der Waals surface area contributed by atoms with Crippen LogP contribution in [0.5, 0.6) is 0 Å². The van der Waals surface area contributed by atoms with Gasteiger partial charge in [-0.3, -0.25) is 0 Å². The first-order chi connectivity index (χ1) is 9.54. The summed E-state index contributed by atoms with van der Waals surface area (Å²) in [6.45, 7) is 10.1. The number of nitrogens with one attached hydrogen (secondary N) is 1. The minimum Gasteiger partial charge on any atom is -0.370 e. The second-order valence-electron chi connectivity index (χ2n) is 6.82. The molecule has 1 aromatic rings. The van der Waals surface area contributed by atoms with E-state index in [4.69, 9.17) is 9.97 Å². The van der Waals surface area contributed by atoms with Gasteiger partial charge in [0.15, 0.2) is 0 Å². The maximum Gasteiger partial charge on any atom is 0.134 e. The minimum absolute atomic E-state index is 0.502. The van der Waals surface area contributed by atoms with Crippen molar-refractivity contribution in [1.29, 1.82) is 0 Å². The van der Waals surface area contributed by atoms with Crippen molar-refractivity contribution in [2.75, 3.05) is 11.9 Å². The first-order valence-corrected chi connectivity index (χ1v) is 8.16. The maximum absolute atomic E-state index is 4.78. The number of aryl methyl sites for hydroxylation is 1. The largest absolute Gasteiger partial charge is 0.370 e. The number of anilines is 1. The molecule has 1 heterocycles. The lowest BCUT2D eigenvalue weighted by molar-refractivity contribution is 0.220. The molecule has 0 saturated heterocycles. The highest BCUT2D eigenvalue weighted by Crippen LogP contribution is 2.41. The summed E-state index contributed by atoms with van der Waals surface area (Å²) in [5.74, 6) is 2.63. The predicted molar refractivity (Wildman–Crippen MR) is 85.2 cm³/mol. The molecule has 0 aromatic carbocycles. The Morgan fingerprint density at radius 3 is 2.50 bits per heavy atom. The second kappa shape index (κ2) is 6.55. The van der Waals surface area contributed by atoms with E-state index < -0.39 is 0 Å². The summed E-state index contributed by atoms with van der Waals surface area (Å²) in [6.07, 6.45) is 7.14. The average Bonchev–Trinajstić information content (AvgIpc) is 2.44. The van der Waals surface area contributed by atoms with Crippen LogP contribution in [-0.2, 0) is 6.42 Å².